The van der Waals surface area contributed by atoms with E-state index in [1.807, 2.05) is 0 Å². The van der Waals surface area contributed by atoms with Crippen LogP contribution in [0.3, 0.4) is 0 Å². The molecule has 0 atom stereocenters. The summed E-state index contributed by atoms with van der Waals surface area (Å²) in [7, 11) is -3.42. The van der Waals surface area contributed by atoms with Crippen LogP contribution in [0.15, 0.2) is 42.5 Å². The van der Waals surface area contributed by atoms with Gasteiger partial charge in [-0.15, -0.1) is 0 Å². The third-order valence-corrected chi connectivity index (χ3v) is 4.92. The Kier molecular flexibility index (Phi) is 5.84. The zero-order valence-corrected chi connectivity index (χ0v) is 14.8. The summed E-state index contributed by atoms with van der Waals surface area (Å²) in [4.78, 5) is 0. The zero-order chi connectivity index (χ0) is 18.7. The van der Waals surface area contributed by atoms with Crippen LogP contribution in [0.25, 0.3) is 0 Å². The maximum atomic E-state index is 13.1. The molecular formula is C16H16ClF3N2O2S. The SMILES string of the molecule is CCCS(=O)(=O)Nc1ccc(Nc2ccc(Cl)cc2C(F)(F)F)cc1. The second-order valence-electron chi connectivity index (χ2n) is 5.31. The van der Waals surface area contributed by atoms with E-state index in [1.54, 1.807) is 6.92 Å². The predicted molar refractivity (Wildman–Crippen MR) is 93.9 cm³/mol. The maximum Gasteiger partial charge on any atom is 0.418 e. The molecule has 0 saturated carbocycles. The Morgan fingerprint density at radius 1 is 1.04 bits per heavy atom. The minimum atomic E-state index is -4.55. The highest BCUT2D eigenvalue weighted by atomic mass is 35.5. The van der Waals surface area contributed by atoms with Gasteiger partial charge in [-0.05, 0) is 48.9 Å². The van der Waals surface area contributed by atoms with Gasteiger partial charge in [0.15, 0.2) is 0 Å². The fourth-order valence-corrected chi connectivity index (χ4v) is 3.44. The number of nitrogens with one attached hydrogen (secondary N) is 2. The van der Waals surface area contributed by atoms with Crippen LogP contribution in [0.4, 0.5) is 30.2 Å². The Hall–Kier alpha value is -1.93. The molecule has 0 aliphatic carbocycles. The summed E-state index contributed by atoms with van der Waals surface area (Å²) < 4.78 is 65.0. The highest BCUT2D eigenvalue weighted by Gasteiger charge is 2.33. The number of benzene rings is 2. The Balaban J connectivity index is 2.20. The van der Waals surface area contributed by atoms with Gasteiger partial charge < -0.3 is 5.32 Å². The number of rotatable bonds is 6. The van der Waals surface area contributed by atoms with Gasteiger partial charge in [-0.2, -0.15) is 13.2 Å². The number of sulfonamides is 1. The van der Waals surface area contributed by atoms with Gasteiger partial charge in [-0.25, -0.2) is 8.42 Å². The molecule has 2 aromatic carbocycles. The molecule has 0 heterocycles. The monoisotopic (exact) mass is 392 g/mol. The lowest BCUT2D eigenvalue weighted by atomic mass is 10.1. The van der Waals surface area contributed by atoms with Crippen LogP contribution in [0.1, 0.15) is 18.9 Å². The van der Waals surface area contributed by atoms with Gasteiger partial charge in [-0.1, -0.05) is 18.5 Å². The molecule has 0 amide bonds. The number of halogens is 4. The van der Waals surface area contributed by atoms with Crippen LogP contribution < -0.4 is 10.0 Å². The van der Waals surface area contributed by atoms with Gasteiger partial charge in [0, 0.05) is 16.4 Å². The van der Waals surface area contributed by atoms with Gasteiger partial charge in [0.2, 0.25) is 10.0 Å². The lowest BCUT2D eigenvalue weighted by molar-refractivity contribution is -0.136. The molecule has 2 rings (SSSR count). The second kappa shape index (κ2) is 7.53. The average Bonchev–Trinajstić information content (AvgIpc) is 2.49. The van der Waals surface area contributed by atoms with Crippen molar-refractivity contribution in [1.82, 2.24) is 0 Å². The van der Waals surface area contributed by atoms with Crippen molar-refractivity contribution < 1.29 is 21.6 Å². The highest BCUT2D eigenvalue weighted by Crippen LogP contribution is 2.37. The van der Waals surface area contributed by atoms with Crippen molar-refractivity contribution >= 4 is 38.7 Å². The molecule has 25 heavy (non-hydrogen) atoms. The average molecular weight is 393 g/mol. The first-order chi connectivity index (χ1) is 11.6. The predicted octanol–water partition coefficient (Wildman–Crippen LogP) is 5.25. The first-order valence-electron chi connectivity index (χ1n) is 7.35. The minimum absolute atomic E-state index is 0.00722. The number of hydrogen-bond donors (Lipinski definition) is 2. The van der Waals surface area contributed by atoms with Crippen LogP contribution in [0.5, 0.6) is 0 Å². The third-order valence-electron chi connectivity index (χ3n) is 3.20. The summed E-state index contributed by atoms with van der Waals surface area (Å²) in [5.74, 6) is -0.00722. The van der Waals surface area contributed by atoms with Gasteiger partial charge >= 0.3 is 6.18 Å². The van der Waals surface area contributed by atoms with E-state index in [2.05, 4.69) is 10.0 Å². The summed E-state index contributed by atoms with van der Waals surface area (Å²) >= 11 is 5.64. The normalized spacial score (nSPS) is 12.0. The Morgan fingerprint density at radius 2 is 1.64 bits per heavy atom. The minimum Gasteiger partial charge on any atom is -0.355 e. The summed E-state index contributed by atoms with van der Waals surface area (Å²) in [6.45, 7) is 1.75. The molecule has 0 fully saturated rings. The standard InChI is InChI=1S/C16H16ClF3N2O2S/c1-2-9-25(23,24)22-13-6-4-12(5-7-13)21-15-8-3-11(17)10-14(15)16(18,19)20/h3-8,10,21-22H,2,9H2,1H3. The van der Waals surface area contributed by atoms with Crippen LogP contribution in [0.2, 0.25) is 5.02 Å². The van der Waals surface area contributed by atoms with Crippen molar-refractivity contribution in [2.45, 2.75) is 19.5 Å². The zero-order valence-electron chi connectivity index (χ0n) is 13.2. The van der Waals surface area contributed by atoms with Gasteiger partial charge in [0.05, 0.1) is 17.0 Å². The van der Waals surface area contributed by atoms with Crippen LogP contribution in [-0.2, 0) is 16.2 Å². The molecule has 136 valence electrons. The molecule has 2 N–H and O–H groups in total. The van der Waals surface area contributed by atoms with Crippen LogP contribution >= 0.6 is 11.6 Å². The topological polar surface area (TPSA) is 58.2 Å². The third kappa shape index (κ3) is 5.54. The number of hydrogen-bond acceptors (Lipinski definition) is 3. The van der Waals surface area contributed by atoms with E-state index in [9.17, 15) is 21.6 Å². The van der Waals surface area contributed by atoms with E-state index in [-0.39, 0.29) is 16.5 Å². The van der Waals surface area contributed by atoms with Crippen molar-refractivity contribution in [1.29, 1.82) is 0 Å². The van der Waals surface area contributed by atoms with Crippen molar-refractivity contribution in [2.24, 2.45) is 0 Å². The molecule has 0 aliphatic rings. The highest BCUT2D eigenvalue weighted by molar-refractivity contribution is 7.92. The van der Waals surface area contributed by atoms with Gasteiger partial charge in [0.1, 0.15) is 0 Å². The molecule has 0 aliphatic heterocycles. The summed E-state index contributed by atoms with van der Waals surface area (Å²) in [6.07, 6.45) is -4.07. The first kappa shape index (κ1) is 19.4. The molecule has 4 nitrogen and oxygen atoms in total. The largest absolute Gasteiger partial charge is 0.418 e. The molecule has 2 aromatic rings. The van der Waals surface area contributed by atoms with Gasteiger partial charge in [-0.3, -0.25) is 4.72 Å². The van der Waals surface area contributed by atoms with Gasteiger partial charge in [0.25, 0.3) is 0 Å². The molecule has 0 radical (unpaired) electrons. The molecule has 9 heteroatoms. The first-order valence-corrected chi connectivity index (χ1v) is 9.38. The van der Waals surface area contributed by atoms with E-state index in [1.165, 1.54) is 36.4 Å². The van der Waals surface area contributed by atoms with E-state index in [0.717, 1.165) is 6.07 Å². The Labute approximate surface area is 149 Å². The number of alkyl halides is 3. The van der Waals surface area contributed by atoms with Crippen molar-refractivity contribution in [3.05, 3.63) is 53.1 Å². The second-order valence-corrected chi connectivity index (χ2v) is 7.59. The lowest BCUT2D eigenvalue weighted by Crippen LogP contribution is -2.16. The van der Waals surface area contributed by atoms with E-state index in [0.29, 0.717) is 17.8 Å². The van der Waals surface area contributed by atoms with E-state index in [4.69, 9.17) is 11.6 Å². The lowest BCUT2D eigenvalue weighted by Gasteiger charge is -2.15. The van der Waals surface area contributed by atoms with Crippen molar-refractivity contribution in [3.8, 4) is 0 Å². The van der Waals surface area contributed by atoms with Crippen molar-refractivity contribution in [2.75, 3.05) is 15.8 Å². The maximum absolute atomic E-state index is 13.1. The molecular weight excluding hydrogens is 377 g/mol. The molecule has 0 spiro atoms. The summed E-state index contributed by atoms with van der Waals surface area (Å²) in [5.41, 5.74) is -0.304. The number of anilines is 3. The molecule has 0 aromatic heterocycles. The fourth-order valence-electron chi connectivity index (χ4n) is 2.14. The fraction of sp³-hybridized carbons (Fsp3) is 0.250. The van der Waals surface area contributed by atoms with E-state index < -0.39 is 21.8 Å². The summed E-state index contributed by atoms with van der Waals surface area (Å²) in [6, 6.07) is 9.35. The quantitative estimate of drug-likeness (QED) is 0.705. The molecule has 0 saturated heterocycles. The summed E-state index contributed by atoms with van der Waals surface area (Å²) in [5, 5.41) is 2.65. The smallest absolute Gasteiger partial charge is 0.355 e. The van der Waals surface area contributed by atoms with E-state index >= 15 is 0 Å². The van der Waals surface area contributed by atoms with Crippen LogP contribution in [-0.4, -0.2) is 14.2 Å². The van der Waals surface area contributed by atoms with Crippen molar-refractivity contribution in [3.63, 3.8) is 0 Å². The van der Waals surface area contributed by atoms with Crippen LogP contribution in [0, 0.1) is 0 Å². The Morgan fingerprint density at radius 3 is 2.20 bits per heavy atom. The molecule has 0 bridgehead atoms. The molecule has 0 unspecified atom stereocenters. The Bertz CT molecular complexity index is 837.